The fraction of sp³-hybridized carbons (Fsp3) is 0.211. The van der Waals surface area contributed by atoms with Gasteiger partial charge in [-0.2, -0.15) is 0 Å². The molecule has 1 amide bonds. The van der Waals surface area contributed by atoms with E-state index < -0.39 is 29.4 Å². The number of carboxylic acid groups (broad SMARTS) is 2. The van der Waals surface area contributed by atoms with Crippen molar-refractivity contribution in [2.75, 3.05) is 16.9 Å². The number of hydrogen-bond donors (Lipinski definition) is 7. The average molecular weight is 457 g/mol. The summed E-state index contributed by atoms with van der Waals surface area (Å²) in [5.41, 5.74) is 6.46. The predicted octanol–water partition coefficient (Wildman–Crippen LogP) is -1.44. The third kappa shape index (κ3) is 5.49. The van der Waals surface area contributed by atoms with Gasteiger partial charge in [0.05, 0.1) is 12.2 Å². The van der Waals surface area contributed by atoms with Crippen molar-refractivity contribution in [3.05, 3.63) is 52.1 Å². The van der Waals surface area contributed by atoms with Crippen molar-refractivity contribution in [3.8, 4) is 0 Å². The molecule has 2 aromatic heterocycles. The quantitative estimate of drug-likeness (QED) is 0.145. The van der Waals surface area contributed by atoms with Crippen molar-refractivity contribution in [2.45, 2.75) is 25.4 Å². The molecule has 14 nitrogen and oxygen atoms in total. The van der Waals surface area contributed by atoms with E-state index >= 15 is 0 Å². The number of H-pyrrole nitrogens is 1. The number of carboxylic acids is 2. The molecule has 172 valence electrons. The zero-order valence-corrected chi connectivity index (χ0v) is 17.1. The number of anilines is 2. The molecule has 0 aliphatic heterocycles. The first-order valence-electron chi connectivity index (χ1n) is 9.59. The first-order valence-corrected chi connectivity index (χ1v) is 9.59. The van der Waals surface area contributed by atoms with Crippen LogP contribution < -0.4 is 32.4 Å². The summed E-state index contributed by atoms with van der Waals surface area (Å²) in [7, 11) is 0. The monoisotopic (exact) mass is 457 g/mol. The molecule has 9 N–H and O–H groups in total. The summed E-state index contributed by atoms with van der Waals surface area (Å²) in [4.78, 5) is 56.9. The molecular formula is C19H21N8O6+. The number of amides is 1. The minimum atomic E-state index is -1.32. The van der Waals surface area contributed by atoms with Crippen LogP contribution in [0.2, 0.25) is 0 Å². The summed E-state index contributed by atoms with van der Waals surface area (Å²) in [6.45, 7) is 0.207. The Labute approximate surface area is 185 Å². The van der Waals surface area contributed by atoms with Crippen LogP contribution in [0.1, 0.15) is 28.9 Å². The van der Waals surface area contributed by atoms with Gasteiger partial charge in [-0.25, -0.2) is 14.8 Å². The summed E-state index contributed by atoms with van der Waals surface area (Å²) in [5.74, 6) is 2.55. The van der Waals surface area contributed by atoms with Gasteiger partial charge in [0.25, 0.3) is 11.6 Å². The van der Waals surface area contributed by atoms with Crippen LogP contribution >= 0.6 is 0 Å². The Morgan fingerprint density at radius 1 is 1.18 bits per heavy atom. The molecule has 0 fully saturated rings. The van der Waals surface area contributed by atoms with E-state index in [4.69, 9.17) is 21.8 Å². The Hall–Kier alpha value is -4.75. The lowest BCUT2D eigenvalue weighted by Gasteiger charge is -2.14. The standard InChI is InChI=1S/C19H20N8O6/c20-19-26-17(31)14-15(27(19)21)23-8-11(24-14)7-22-10-3-1-9(2-4-10)16(30)25-12(18(32)33)5-6-13(28)29/h1-4,8,12H,5-7,21H2,(H6,20,22,25,26,28,29,30,31,32,33)/p+1/t12-/m0/s1. The fourth-order valence-electron chi connectivity index (χ4n) is 2.88. The molecular weight excluding hydrogens is 436 g/mol. The zero-order valence-electron chi connectivity index (χ0n) is 17.1. The second-order valence-electron chi connectivity index (χ2n) is 6.97. The second-order valence-corrected chi connectivity index (χ2v) is 6.97. The van der Waals surface area contributed by atoms with Gasteiger partial charge in [0.1, 0.15) is 12.2 Å². The highest BCUT2D eigenvalue weighted by atomic mass is 16.4. The Morgan fingerprint density at radius 3 is 2.52 bits per heavy atom. The van der Waals surface area contributed by atoms with Crippen molar-refractivity contribution in [3.63, 3.8) is 0 Å². The molecule has 1 atom stereocenters. The highest BCUT2D eigenvalue weighted by Gasteiger charge is 2.21. The molecule has 0 aliphatic carbocycles. The van der Waals surface area contributed by atoms with E-state index in [1.54, 1.807) is 12.1 Å². The van der Waals surface area contributed by atoms with Gasteiger partial charge in [0.2, 0.25) is 5.52 Å². The molecule has 1 aromatic carbocycles. The molecule has 0 spiro atoms. The van der Waals surface area contributed by atoms with Crippen molar-refractivity contribution in [1.82, 2.24) is 20.3 Å². The largest absolute Gasteiger partial charge is 0.481 e. The summed E-state index contributed by atoms with van der Waals surface area (Å²) < 4.78 is 1.02. The van der Waals surface area contributed by atoms with E-state index in [9.17, 15) is 19.2 Å². The van der Waals surface area contributed by atoms with Gasteiger partial charge in [-0.1, -0.05) is 0 Å². The molecule has 0 saturated heterocycles. The number of carbonyl (C=O) groups excluding carboxylic acids is 1. The number of nitrogens with two attached hydrogens (primary N) is 2. The number of nitrogens with zero attached hydrogens (tertiary/aromatic N) is 3. The molecule has 3 aromatic rings. The van der Waals surface area contributed by atoms with E-state index in [1.807, 2.05) is 0 Å². The Bertz CT molecular complexity index is 1270. The van der Waals surface area contributed by atoms with Crippen LogP contribution in [0.4, 0.5) is 11.6 Å². The number of hydrogen-bond acceptors (Lipinski definition) is 9. The lowest BCUT2D eigenvalue weighted by atomic mass is 10.1. The summed E-state index contributed by atoms with van der Waals surface area (Å²) in [6, 6.07) is 4.83. The molecule has 0 bridgehead atoms. The summed E-state index contributed by atoms with van der Waals surface area (Å²) in [5, 5.41) is 23.2. The summed E-state index contributed by atoms with van der Waals surface area (Å²) >= 11 is 0. The molecule has 14 heteroatoms. The van der Waals surface area contributed by atoms with E-state index in [-0.39, 0.29) is 42.1 Å². The maximum absolute atomic E-state index is 12.3. The van der Waals surface area contributed by atoms with Crippen LogP contribution in [-0.4, -0.2) is 49.1 Å². The van der Waals surface area contributed by atoms with E-state index in [0.29, 0.717) is 11.4 Å². The second kappa shape index (κ2) is 9.59. The van der Waals surface area contributed by atoms with Crippen LogP contribution in [0.3, 0.4) is 0 Å². The van der Waals surface area contributed by atoms with Gasteiger partial charge in [0.15, 0.2) is 0 Å². The number of nitrogens with one attached hydrogen (secondary N) is 3. The molecule has 0 saturated carbocycles. The number of aromatic nitrogens is 4. The van der Waals surface area contributed by atoms with E-state index in [2.05, 4.69) is 25.6 Å². The third-order valence-electron chi connectivity index (χ3n) is 4.62. The van der Waals surface area contributed by atoms with Gasteiger partial charge in [-0.3, -0.25) is 20.2 Å². The summed E-state index contributed by atoms with van der Waals surface area (Å²) in [6.07, 6.45) is 0.813. The molecule has 0 unspecified atom stereocenters. The molecule has 0 aliphatic rings. The maximum Gasteiger partial charge on any atom is 0.336 e. The van der Waals surface area contributed by atoms with Gasteiger partial charge < -0.3 is 26.6 Å². The van der Waals surface area contributed by atoms with Crippen LogP contribution in [0.15, 0.2) is 35.3 Å². The number of carbonyl (C=O) groups is 3. The van der Waals surface area contributed by atoms with Gasteiger partial charge in [0, 0.05) is 17.7 Å². The van der Waals surface area contributed by atoms with Crippen molar-refractivity contribution in [2.24, 2.45) is 0 Å². The van der Waals surface area contributed by atoms with E-state index in [1.165, 1.54) is 18.3 Å². The Balaban J connectivity index is 1.65. The topological polar surface area (TPSA) is 230 Å². The van der Waals surface area contributed by atoms with Crippen LogP contribution in [0, 0.1) is 0 Å². The van der Waals surface area contributed by atoms with Gasteiger partial charge in [-0.15, -0.1) is 9.66 Å². The lowest BCUT2D eigenvalue weighted by Crippen LogP contribution is -2.50. The SMILES string of the molecule is Nc1[nH]c(=O)c2nc(CNc3ccc(C(=O)N[C@@H](CCC(=O)O)C(=O)O)cc3)cnc2[n+]1N. The number of benzene rings is 1. The van der Waals surface area contributed by atoms with Crippen LogP contribution in [-0.2, 0) is 16.1 Å². The minimum Gasteiger partial charge on any atom is -0.481 e. The van der Waals surface area contributed by atoms with Gasteiger partial charge >= 0.3 is 23.4 Å². The Kier molecular flexibility index (Phi) is 6.66. The zero-order chi connectivity index (χ0) is 24.1. The fourth-order valence-corrected chi connectivity index (χ4v) is 2.88. The first kappa shape index (κ1) is 22.9. The molecule has 2 heterocycles. The molecule has 33 heavy (non-hydrogen) atoms. The number of aliphatic carboxylic acids is 2. The molecule has 3 rings (SSSR count). The van der Waals surface area contributed by atoms with Crippen LogP contribution in [0.5, 0.6) is 0 Å². The number of rotatable bonds is 9. The number of nitrogen functional groups attached to an aromatic ring is 2. The smallest absolute Gasteiger partial charge is 0.336 e. The van der Waals surface area contributed by atoms with Crippen LogP contribution in [0.25, 0.3) is 11.2 Å². The highest BCUT2D eigenvalue weighted by Crippen LogP contribution is 2.12. The highest BCUT2D eigenvalue weighted by molar-refractivity contribution is 5.96. The van der Waals surface area contributed by atoms with Crippen molar-refractivity contribution < 1.29 is 29.3 Å². The Morgan fingerprint density at radius 2 is 1.88 bits per heavy atom. The first-order chi connectivity index (χ1) is 15.7. The number of aromatic amines is 1. The van der Waals surface area contributed by atoms with Crippen molar-refractivity contribution >= 4 is 40.6 Å². The van der Waals surface area contributed by atoms with Gasteiger partial charge in [-0.05, 0) is 30.7 Å². The third-order valence-corrected chi connectivity index (χ3v) is 4.62. The predicted molar refractivity (Wildman–Crippen MR) is 114 cm³/mol. The van der Waals surface area contributed by atoms with Crippen molar-refractivity contribution in [1.29, 1.82) is 0 Å². The average Bonchev–Trinajstić information content (AvgIpc) is 2.78. The number of fused-ring (bicyclic) bond motifs is 1. The van der Waals surface area contributed by atoms with E-state index in [0.717, 1.165) is 4.68 Å². The maximum atomic E-state index is 12.3. The normalized spacial score (nSPS) is 11.6. The minimum absolute atomic E-state index is 0.0221. The molecule has 0 radical (unpaired) electrons. The lowest BCUT2D eigenvalue weighted by molar-refractivity contribution is -0.601.